The Morgan fingerprint density at radius 3 is 2.55 bits per heavy atom. The number of carbonyl (C=O) groups is 1. The summed E-state index contributed by atoms with van der Waals surface area (Å²) in [6.45, 7) is 3.10. The van der Waals surface area contributed by atoms with Gasteiger partial charge in [-0.25, -0.2) is 8.42 Å². The first-order valence-corrected chi connectivity index (χ1v) is 13.4. The first kappa shape index (κ1) is 25.7. The highest BCUT2D eigenvalue weighted by atomic mass is 35.5. The zero-order chi connectivity index (χ0) is 24.4. The lowest BCUT2D eigenvalue weighted by atomic mass is 9.87. The molecule has 0 bridgehead atoms. The molecule has 2 aromatic rings. The van der Waals surface area contributed by atoms with Crippen molar-refractivity contribution in [3.63, 3.8) is 0 Å². The Kier molecular flexibility index (Phi) is 7.88. The van der Waals surface area contributed by atoms with E-state index in [2.05, 4.69) is 10.4 Å². The molecule has 0 saturated heterocycles. The number of hydrogen-bond donors (Lipinski definition) is 3. The van der Waals surface area contributed by atoms with Gasteiger partial charge < -0.3 is 15.5 Å². The summed E-state index contributed by atoms with van der Waals surface area (Å²) in [5, 5.41) is 27.2. The van der Waals surface area contributed by atoms with Crippen molar-refractivity contribution in [1.82, 2.24) is 9.78 Å². The summed E-state index contributed by atoms with van der Waals surface area (Å²) in [6.07, 6.45) is 6.73. The van der Waals surface area contributed by atoms with Gasteiger partial charge in [0.05, 0.1) is 28.0 Å². The second-order valence-electron chi connectivity index (χ2n) is 9.48. The fourth-order valence-corrected chi connectivity index (χ4v) is 5.49. The van der Waals surface area contributed by atoms with Gasteiger partial charge in [0, 0.05) is 18.5 Å². The van der Waals surface area contributed by atoms with Crippen molar-refractivity contribution >= 4 is 33.2 Å². The van der Waals surface area contributed by atoms with E-state index in [1.54, 1.807) is 24.4 Å². The minimum absolute atomic E-state index is 0.0389. The third-order valence-electron chi connectivity index (χ3n) is 6.19. The fraction of sp³-hybridized carbons (Fsp3) is 0.565. The minimum Gasteiger partial charge on any atom is -0.388 e. The van der Waals surface area contributed by atoms with Crippen molar-refractivity contribution in [1.29, 1.82) is 0 Å². The van der Waals surface area contributed by atoms with E-state index in [1.165, 1.54) is 24.6 Å². The number of nitrogens with one attached hydrogen (secondary N) is 1. The first-order valence-electron chi connectivity index (χ1n) is 11.1. The van der Waals surface area contributed by atoms with Crippen molar-refractivity contribution in [2.75, 3.05) is 11.6 Å². The van der Waals surface area contributed by atoms with Crippen LogP contribution in [0, 0.1) is 5.92 Å². The van der Waals surface area contributed by atoms with Crippen LogP contribution in [-0.4, -0.2) is 52.3 Å². The third kappa shape index (κ3) is 6.79. The number of carbonyl (C=O) groups excluding carboxylic acids is 1. The maximum atomic E-state index is 13.3. The number of aliphatic hydroxyl groups excluding tert-OH is 1. The number of amides is 1. The highest BCUT2D eigenvalue weighted by Gasteiger charge is 2.29. The molecule has 1 amide bonds. The number of benzene rings is 1. The van der Waals surface area contributed by atoms with Crippen molar-refractivity contribution in [2.45, 2.75) is 75.0 Å². The number of nitrogens with zero attached hydrogens (tertiary/aromatic N) is 2. The minimum atomic E-state index is -3.47. The monoisotopic (exact) mass is 497 g/mol. The molecule has 0 aliphatic heterocycles. The summed E-state index contributed by atoms with van der Waals surface area (Å²) >= 11 is 6.26. The van der Waals surface area contributed by atoms with Crippen LogP contribution < -0.4 is 5.32 Å². The zero-order valence-corrected chi connectivity index (χ0v) is 20.7. The molecule has 33 heavy (non-hydrogen) atoms. The van der Waals surface area contributed by atoms with E-state index in [1.807, 2.05) is 0 Å². The summed E-state index contributed by atoms with van der Waals surface area (Å²) < 4.78 is 25.3. The molecule has 1 fully saturated rings. The molecule has 1 saturated carbocycles. The van der Waals surface area contributed by atoms with Gasteiger partial charge in [-0.1, -0.05) is 43.4 Å². The molecule has 2 atom stereocenters. The highest BCUT2D eigenvalue weighted by Crippen LogP contribution is 2.36. The molecule has 1 aromatic heterocycles. The lowest BCUT2D eigenvalue weighted by Gasteiger charge is -2.24. The van der Waals surface area contributed by atoms with E-state index in [0.717, 1.165) is 31.9 Å². The number of halogens is 1. The van der Waals surface area contributed by atoms with Crippen molar-refractivity contribution < 1.29 is 23.4 Å². The molecule has 8 nitrogen and oxygen atoms in total. The highest BCUT2D eigenvalue weighted by molar-refractivity contribution is 7.90. The Morgan fingerprint density at radius 2 is 1.97 bits per heavy atom. The molecule has 0 spiro atoms. The Labute approximate surface area is 199 Å². The van der Waals surface area contributed by atoms with Crippen LogP contribution in [0.5, 0.6) is 0 Å². The molecule has 3 N–H and O–H groups in total. The van der Waals surface area contributed by atoms with Gasteiger partial charge in [0.15, 0.2) is 15.7 Å². The smallest absolute Gasteiger partial charge is 0.233 e. The number of rotatable bonds is 9. The molecular formula is C23H32ClN3O5S. The summed E-state index contributed by atoms with van der Waals surface area (Å²) in [5.74, 6) is -0.0171. The van der Waals surface area contributed by atoms with Crippen molar-refractivity contribution in [2.24, 2.45) is 5.92 Å². The van der Waals surface area contributed by atoms with Gasteiger partial charge in [0.25, 0.3) is 0 Å². The standard InChI is InChI=1S/C23H32ClN3O5S/c1-23(2,30)20(28)14-27-11-10-21(26-27)25-22(29)17(12-15-6-4-5-7-15)16-8-9-19(18(24)13-16)33(3,31)32/h8-11,13,15,17,20,28,30H,4-7,12,14H2,1-3H3,(H,25,26,29). The Hall–Kier alpha value is -1.94. The second kappa shape index (κ2) is 10.1. The third-order valence-corrected chi connectivity index (χ3v) is 7.77. The van der Waals surface area contributed by atoms with Gasteiger partial charge in [-0.2, -0.15) is 5.10 Å². The average molecular weight is 498 g/mol. The van der Waals surface area contributed by atoms with E-state index < -0.39 is 27.5 Å². The van der Waals surface area contributed by atoms with Crippen molar-refractivity contribution in [3.8, 4) is 0 Å². The Bertz CT molecular complexity index is 1090. The lowest BCUT2D eigenvalue weighted by molar-refractivity contribution is -0.118. The second-order valence-corrected chi connectivity index (χ2v) is 11.9. The number of anilines is 1. The average Bonchev–Trinajstić information content (AvgIpc) is 3.36. The largest absolute Gasteiger partial charge is 0.388 e. The number of aromatic nitrogens is 2. The Balaban J connectivity index is 1.80. The zero-order valence-electron chi connectivity index (χ0n) is 19.2. The number of sulfone groups is 1. The van der Waals surface area contributed by atoms with Gasteiger partial charge in [-0.15, -0.1) is 0 Å². The number of hydrogen-bond acceptors (Lipinski definition) is 6. The lowest BCUT2D eigenvalue weighted by Crippen LogP contribution is -2.39. The topological polar surface area (TPSA) is 122 Å². The van der Waals surface area contributed by atoms with Gasteiger partial charge in [0.2, 0.25) is 5.91 Å². The van der Waals surface area contributed by atoms with E-state index in [0.29, 0.717) is 23.7 Å². The molecular weight excluding hydrogens is 466 g/mol. The van der Waals surface area contributed by atoms with E-state index in [4.69, 9.17) is 11.6 Å². The molecule has 1 heterocycles. The molecule has 182 valence electrons. The van der Waals surface area contributed by atoms with E-state index >= 15 is 0 Å². The van der Waals surface area contributed by atoms with Gasteiger partial charge in [0.1, 0.15) is 6.10 Å². The normalized spacial score (nSPS) is 17.2. The molecule has 1 aliphatic carbocycles. The van der Waals surface area contributed by atoms with Gasteiger partial charge in [-0.05, 0) is 43.9 Å². The van der Waals surface area contributed by atoms with Crippen LogP contribution in [0.4, 0.5) is 5.82 Å². The summed E-state index contributed by atoms with van der Waals surface area (Å²) in [5.41, 5.74) is -0.618. The molecule has 3 rings (SSSR count). The van der Waals surface area contributed by atoms with Crippen LogP contribution in [0.25, 0.3) is 0 Å². The SMILES string of the molecule is CC(C)(O)C(O)Cn1ccc(NC(=O)C(CC2CCCC2)c2ccc(S(C)(=O)=O)c(Cl)c2)n1. The van der Waals surface area contributed by atoms with Crippen LogP contribution in [0.1, 0.15) is 57.4 Å². The molecule has 0 radical (unpaired) electrons. The first-order chi connectivity index (χ1) is 15.3. The fourth-order valence-electron chi connectivity index (χ4n) is 4.15. The Morgan fingerprint density at radius 1 is 1.30 bits per heavy atom. The van der Waals surface area contributed by atoms with Gasteiger partial charge >= 0.3 is 0 Å². The quantitative estimate of drug-likeness (QED) is 0.488. The molecule has 1 aliphatic rings. The predicted molar refractivity (Wildman–Crippen MR) is 127 cm³/mol. The van der Waals surface area contributed by atoms with Crippen LogP contribution >= 0.6 is 11.6 Å². The van der Waals surface area contributed by atoms with Crippen LogP contribution in [0.3, 0.4) is 0 Å². The number of aliphatic hydroxyl groups is 2. The molecule has 1 aromatic carbocycles. The van der Waals surface area contributed by atoms with Crippen molar-refractivity contribution in [3.05, 3.63) is 41.0 Å². The molecule has 2 unspecified atom stereocenters. The van der Waals surface area contributed by atoms with Gasteiger partial charge in [-0.3, -0.25) is 9.48 Å². The molecule has 10 heteroatoms. The van der Waals surface area contributed by atoms with Crippen LogP contribution in [0.15, 0.2) is 35.4 Å². The summed E-state index contributed by atoms with van der Waals surface area (Å²) in [4.78, 5) is 13.3. The summed E-state index contributed by atoms with van der Waals surface area (Å²) in [6, 6.07) is 6.30. The maximum Gasteiger partial charge on any atom is 0.233 e. The van der Waals surface area contributed by atoms with E-state index in [9.17, 15) is 23.4 Å². The van der Waals surface area contributed by atoms with Crippen LogP contribution in [0.2, 0.25) is 5.02 Å². The maximum absolute atomic E-state index is 13.3. The van der Waals surface area contributed by atoms with E-state index in [-0.39, 0.29) is 22.4 Å². The van der Waals surface area contributed by atoms with Crippen LogP contribution in [-0.2, 0) is 21.2 Å². The summed E-state index contributed by atoms with van der Waals surface area (Å²) in [7, 11) is -3.47. The predicted octanol–water partition coefficient (Wildman–Crippen LogP) is 3.37.